The molecule has 13 nitrogen and oxygen atoms in total. The van der Waals surface area contributed by atoms with Gasteiger partial charge < -0.3 is 18.5 Å². The van der Waals surface area contributed by atoms with Gasteiger partial charge in [0, 0.05) is 23.1 Å². The van der Waals surface area contributed by atoms with Gasteiger partial charge in [-0.1, -0.05) is 5.11 Å². The zero-order valence-electron chi connectivity index (χ0n) is 16.8. The van der Waals surface area contributed by atoms with Crippen LogP contribution in [0.15, 0.2) is 20.9 Å². The number of hydrogen-bond acceptors (Lipinski definition) is 9. The number of nitrogens with one attached hydrogen (secondary N) is 1. The Morgan fingerprint density at radius 1 is 1.40 bits per heavy atom. The first-order valence-electron chi connectivity index (χ1n) is 9.28. The second-order valence-corrected chi connectivity index (χ2v) is 8.46. The van der Waals surface area contributed by atoms with Crippen molar-refractivity contribution in [1.29, 1.82) is 0 Å². The molecule has 1 fully saturated rings. The molecule has 1 N–H and O–H groups in total. The highest BCUT2D eigenvalue weighted by molar-refractivity contribution is 7.54. The fourth-order valence-corrected chi connectivity index (χ4v) is 4.33. The number of aryl methyl sites for hydroxylation is 1. The summed E-state index contributed by atoms with van der Waals surface area (Å²) >= 11 is 0. The zero-order valence-corrected chi connectivity index (χ0v) is 17.7. The Kier molecular flexibility index (Phi) is 8.39. The van der Waals surface area contributed by atoms with E-state index in [0.717, 1.165) is 0 Å². The number of carbonyl (C=O) groups is 1. The quantitative estimate of drug-likeness (QED) is 0.186. The van der Waals surface area contributed by atoms with Crippen molar-refractivity contribution in [1.82, 2.24) is 9.55 Å². The lowest BCUT2D eigenvalue weighted by Gasteiger charge is -2.21. The van der Waals surface area contributed by atoms with Gasteiger partial charge in [-0.3, -0.25) is 23.7 Å². The van der Waals surface area contributed by atoms with E-state index in [0.29, 0.717) is 5.56 Å². The van der Waals surface area contributed by atoms with Gasteiger partial charge in [0.05, 0.1) is 32.0 Å². The zero-order chi connectivity index (χ0) is 22.3. The summed E-state index contributed by atoms with van der Waals surface area (Å²) in [6.45, 7) is 4.58. The third kappa shape index (κ3) is 6.04. The van der Waals surface area contributed by atoms with Crippen molar-refractivity contribution in [3.05, 3.63) is 43.0 Å². The number of nitrogens with zero attached hydrogens (tertiary/aromatic N) is 4. The van der Waals surface area contributed by atoms with E-state index in [2.05, 4.69) is 15.0 Å². The fraction of sp³-hybridized carbons (Fsp3) is 0.688. The molecule has 0 saturated carbocycles. The van der Waals surface area contributed by atoms with Crippen LogP contribution < -0.4 is 11.2 Å². The van der Waals surface area contributed by atoms with Crippen LogP contribution in [0.25, 0.3) is 10.4 Å². The Labute approximate surface area is 171 Å². The van der Waals surface area contributed by atoms with Crippen LogP contribution in [0.1, 0.15) is 32.1 Å². The molecule has 0 aliphatic carbocycles. The lowest BCUT2D eigenvalue weighted by molar-refractivity contribution is -0.140. The summed E-state index contributed by atoms with van der Waals surface area (Å²) in [7, 11) is -3.82. The smallest absolute Gasteiger partial charge is 0.341 e. The normalized spacial score (nSPS) is 22.8. The molecule has 166 valence electrons. The minimum atomic E-state index is -3.82. The second kappa shape index (κ2) is 10.6. The van der Waals surface area contributed by atoms with Gasteiger partial charge >= 0.3 is 19.3 Å². The van der Waals surface area contributed by atoms with Crippen LogP contribution in [0, 0.1) is 6.92 Å². The molecule has 1 saturated heterocycles. The summed E-state index contributed by atoms with van der Waals surface area (Å²) in [5, 5.41) is 3.65. The molecule has 0 bridgehead atoms. The predicted molar refractivity (Wildman–Crippen MR) is 104 cm³/mol. The molecule has 4 unspecified atom stereocenters. The summed E-state index contributed by atoms with van der Waals surface area (Å²) in [6.07, 6.45) is -0.807. The number of aromatic amines is 1. The van der Waals surface area contributed by atoms with Crippen LogP contribution in [0.3, 0.4) is 0 Å². The summed E-state index contributed by atoms with van der Waals surface area (Å²) < 4.78 is 35.1. The van der Waals surface area contributed by atoms with Crippen molar-refractivity contribution < 1.29 is 27.9 Å². The molecule has 14 heteroatoms. The van der Waals surface area contributed by atoms with Crippen molar-refractivity contribution in [3.8, 4) is 0 Å². The Balaban J connectivity index is 2.17. The monoisotopic (exact) mass is 445 g/mol. The third-order valence-corrected chi connectivity index (χ3v) is 6.09. The summed E-state index contributed by atoms with van der Waals surface area (Å²) in [5.74, 6) is -0.735. The van der Waals surface area contributed by atoms with Gasteiger partial charge in [-0.2, -0.15) is 0 Å². The van der Waals surface area contributed by atoms with E-state index in [1.54, 1.807) is 13.8 Å². The van der Waals surface area contributed by atoms with E-state index in [1.165, 1.54) is 17.7 Å². The van der Waals surface area contributed by atoms with Gasteiger partial charge in [0.2, 0.25) is 0 Å². The maximum atomic E-state index is 12.8. The molecule has 1 aromatic rings. The third-order valence-electron chi connectivity index (χ3n) is 4.25. The van der Waals surface area contributed by atoms with Crippen molar-refractivity contribution >= 4 is 13.6 Å². The number of carbonyl (C=O) groups excluding carboxylic acids is 1. The summed E-state index contributed by atoms with van der Waals surface area (Å²) in [6, 6.07) is -0.739. The average molecular weight is 445 g/mol. The van der Waals surface area contributed by atoms with Crippen LogP contribution >= 0.6 is 7.60 Å². The molecule has 30 heavy (non-hydrogen) atoms. The van der Waals surface area contributed by atoms with Crippen LogP contribution in [0.5, 0.6) is 0 Å². The first kappa shape index (κ1) is 23.8. The first-order chi connectivity index (χ1) is 14.2. The number of aromatic nitrogens is 2. The van der Waals surface area contributed by atoms with Gasteiger partial charge in [0.1, 0.15) is 12.4 Å². The highest BCUT2D eigenvalue weighted by Crippen LogP contribution is 2.49. The van der Waals surface area contributed by atoms with Gasteiger partial charge in [-0.25, -0.2) is 4.79 Å². The largest absolute Gasteiger partial charge is 0.466 e. The van der Waals surface area contributed by atoms with Gasteiger partial charge in [0.25, 0.3) is 5.56 Å². The van der Waals surface area contributed by atoms with E-state index in [1.807, 2.05) is 0 Å². The molecule has 1 aromatic heterocycles. The minimum Gasteiger partial charge on any atom is -0.466 e. The lowest BCUT2D eigenvalue weighted by atomic mass is 10.1. The Bertz CT molecular complexity index is 969. The SMILES string of the molecule is CCOC(=O)CP(=O)(OCC)OCC1OC(n2cc(C)c(=O)[nH]c2=O)CC1N=[N+]=[N-]. The Morgan fingerprint density at radius 2 is 2.13 bits per heavy atom. The molecule has 0 spiro atoms. The molecular formula is C16H24N5O8P. The van der Waals surface area contributed by atoms with Crippen molar-refractivity contribution in [2.45, 2.75) is 45.6 Å². The van der Waals surface area contributed by atoms with E-state index in [-0.39, 0.29) is 26.2 Å². The van der Waals surface area contributed by atoms with E-state index < -0.39 is 49.3 Å². The number of ether oxygens (including phenoxy) is 2. The molecule has 0 amide bonds. The van der Waals surface area contributed by atoms with Crippen molar-refractivity contribution in [2.24, 2.45) is 5.11 Å². The van der Waals surface area contributed by atoms with Crippen LogP contribution in [-0.2, 0) is 27.9 Å². The summed E-state index contributed by atoms with van der Waals surface area (Å²) in [5.41, 5.74) is 7.93. The molecule has 1 aliphatic heterocycles. The average Bonchev–Trinajstić information content (AvgIpc) is 3.06. The topological polar surface area (TPSA) is 175 Å². The molecule has 2 rings (SSSR count). The van der Waals surface area contributed by atoms with Crippen LogP contribution in [0.2, 0.25) is 0 Å². The number of H-pyrrole nitrogens is 1. The number of hydrogen-bond donors (Lipinski definition) is 1. The Hall–Kier alpha value is -2.43. The van der Waals surface area contributed by atoms with E-state index in [9.17, 15) is 18.9 Å². The number of azide groups is 1. The highest BCUT2D eigenvalue weighted by Gasteiger charge is 2.39. The molecular weight excluding hydrogens is 421 g/mol. The highest BCUT2D eigenvalue weighted by atomic mass is 31.2. The molecule has 0 radical (unpaired) electrons. The predicted octanol–water partition coefficient (Wildman–Crippen LogP) is 1.62. The van der Waals surface area contributed by atoms with Crippen LogP contribution in [-0.4, -0.2) is 53.6 Å². The van der Waals surface area contributed by atoms with Gasteiger partial charge in [-0.05, 0) is 26.3 Å². The minimum absolute atomic E-state index is 0.0384. The maximum absolute atomic E-state index is 12.8. The summed E-state index contributed by atoms with van der Waals surface area (Å²) in [4.78, 5) is 40.3. The second-order valence-electron chi connectivity index (χ2n) is 6.40. The van der Waals surface area contributed by atoms with Gasteiger partial charge in [0.15, 0.2) is 0 Å². The van der Waals surface area contributed by atoms with Gasteiger partial charge in [-0.15, -0.1) is 0 Å². The Morgan fingerprint density at radius 3 is 2.77 bits per heavy atom. The molecule has 4 atom stereocenters. The molecule has 0 aromatic carbocycles. The van der Waals surface area contributed by atoms with E-state index >= 15 is 0 Å². The van der Waals surface area contributed by atoms with Crippen molar-refractivity contribution in [3.63, 3.8) is 0 Å². The maximum Gasteiger partial charge on any atom is 0.341 e. The fourth-order valence-electron chi connectivity index (χ4n) is 2.90. The number of esters is 1. The lowest BCUT2D eigenvalue weighted by Crippen LogP contribution is -2.33. The van der Waals surface area contributed by atoms with Crippen molar-refractivity contribution in [2.75, 3.05) is 26.0 Å². The standard InChI is InChI=1S/C16H24N5O8P/c1-4-26-14(22)9-30(25,27-5-2)28-8-12-11(19-20-17)6-13(29-12)21-7-10(3)15(23)18-16(21)24/h7,11-13H,4-6,8-9H2,1-3H3,(H,18,23,24). The molecule has 1 aliphatic rings. The van der Waals surface area contributed by atoms with E-state index in [4.69, 9.17) is 24.1 Å². The van der Waals surface area contributed by atoms with Crippen LogP contribution in [0.4, 0.5) is 0 Å². The first-order valence-corrected chi connectivity index (χ1v) is 11.0. The number of rotatable bonds is 10. The molecule has 2 heterocycles.